The number of carbonyl (C=O) groups is 1. The van der Waals surface area contributed by atoms with Crippen LogP contribution in [0.3, 0.4) is 0 Å². The zero-order valence-electron chi connectivity index (χ0n) is 10.7. The number of anilines is 1. The van der Waals surface area contributed by atoms with Crippen LogP contribution in [0.25, 0.3) is 10.6 Å². The normalized spacial score (nSPS) is 10.0. The van der Waals surface area contributed by atoms with Gasteiger partial charge in [0.25, 0.3) is 5.91 Å². The van der Waals surface area contributed by atoms with Crippen LogP contribution in [0.2, 0.25) is 0 Å². The third kappa shape index (κ3) is 2.99. The van der Waals surface area contributed by atoms with Crippen LogP contribution >= 0.6 is 22.7 Å². The molecule has 0 saturated heterocycles. The number of nitrogens with zero attached hydrogens (tertiary/aromatic N) is 2. The number of nitrogens with one attached hydrogen (secondary N) is 1. The molecular formula is C15H9N3OS2. The van der Waals surface area contributed by atoms with Crippen molar-refractivity contribution in [2.75, 3.05) is 5.32 Å². The van der Waals surface area contributed by atoms with Gasteiger partial charge in [-0.3, -0.25) is 4.79 Å². The molecule has 0 atom stereocenters. The molecular weight excluding hydrogens is 302 g/mol. The minimum Gasteiger partial charge on any atom is -0.321 e. The van der Waals surface area contributed by atoms with Crippen LogP contribution in [-0.2, 0) is 0 Å². The Morgan fingerprint density at radius 3 is 2.67 bits per heavy atom. The summed E-state index contributed by atoms with van der Waals surface area (Å²) in [6, 6.07) is 10.7. The van der Waals surface area contributed by atoms with Crippen molar-refractivity contribution < 1.29 is 4.79 Å². The quantitative estimate of drug-likeness (QED) is 0.795. The first kappa shape index (κ1) is 13.5. The van der Waals surface area contributed by atoms with E-state index < -0.39 is 0 Å². The number of thiazole rings is 1. The van der Waals surface area contributed by atoms with Crippen molar-refractivity contribution in [3.05, 3.63) is 57.7 Å². The molecule has 2 aromatic heterocycles. The standard InChI is InChI=1S/C15H9N3OS2/c16-7-10-1-3-12(4-2-10)17-14(19)13-9-21-15(18-13)11-5-6-20-8-11/h1-6,8-9H,(H,17,19). The zero-order chi connectivity index (χ0) is 14.7. The molecule has 3 aromatic rings. The van der Waals surface area contributed by atoms with E-state index >= 15 is 0 Å². The SMILES string of the molecule is N#Cc1ccc(NC(=O)c2csc(-c3ccsc3)n2)cc1. The van der Waals surface area contributed by atoms with Gasteiger partial charge in [0.2, 0.25) is 0 Å². The second-order valence-corrected chi connectivity index (χ2v) is 5.83. The predicted octanol–water partition coefficient (Wildman–Crippen LogP) is 4.00. The molecule has 0 aliphatic rings. The lowest BCUT2D eigenvalue weighted by Crippen LogP contribution is -2.12. The first-order chi connectivity index (χ1) is 10.3. The van der Waals surface area contributed by atoms with E-state index in [2.05, 4.69) is 10.3 Å². The fourth-order valence-electron chi connectivity index (χ4n) is 1.72. The van der Waals surface area contributed by atoms with E-state index in [0.29, 0.717) is 16.9 Å². The molecule has 2 heterocycles. The average Bonchev–Trinajstić information content (AvgIpc) is 3.19. The molecule has 1 amide bonds. The van der Waals surface area contributed by atoms with Gasteiger partial charge in [-0.2, -0.15) is 16.6 Å². The molecule has 0 spiro atoms. The Bertz CT molecular complexity index is 798. The van der Waals surface area contributed by atoms with Gasteiger partial charge < -0.3 is 5.32 Å². The van der Waals surface area contributed by atoms with Crippen molar-refractivity contribution in [2.45, 2.75) is 0 Å². The summed E-state index contributed by atoms with van der Waals surface area (Å²) in [5, 5.41) is 18.1. The smallest absolute Gasteiger partial charge is 0.275 e. The Morgan fingerprint density at radius 1 is 1.19 bits per heavy atom. The highest BCUT2D eigenvalue weighted by atomic mass is 32.1. The second-order valence-electron chi connectivity index (χ2n) is 4.19. The van der Waals surface area contributed by atoms with Crippen molar-refractivity contribution in [2.24, 2.45) is 0 Å². The van der Waals surface area contributed by atoms with Gasteiger partial charge in [0.05, 0.1) is 11.6 Å². The maximum Gasteiger partial charge on any atom is 0.275 e. The molecule has 0 aliphatic carbocycles. The van der Waals surface area contributed by atoms with Gasteiger partial charge in [-0.05, 0) is 35.7 Å². The maximum absolute atomic E-state index is 12.1. The van der Waals surface area contributed by atoms with Crippen LogP contribution in [0.5, 0.6) is 0 Å². The maximum atomic E-state index is 12.1. The van der Waals surface area contributed by atoms with Crippen LogP contribution < -0.4 is 5.32 Å². The van der Waals surface area contributed by atoms with E-state index in [-0.39, 0.29) is 5.91 Å². The molecule has 1 N–H and O–H groups in total. The Labute approximate surface area is 129 Å². The van der Waals surface area contributed by atoms with Crippen molar-refractivity contribution in [1.82, 2.24) is 4.98 Å². The number of carbonyl (C=O) groups excluding carboxylic acids is 1. The van der Waals surface area contributed by atoms with Crippen LogP contribution in [-0.4, -0.2) is 10.9 Å². The van der Waals surface area contributed by atoms with Crippen LogP contribution in [0.4, 0.5) is 5.69 Å². The minimum absolute atomic E-state index is 0.252. The zero-order valence-corrected chi connectivity index (χ0v) is 12.4. The average molecular weight is 311 g/mol. The Balaban J connectivity index is 1.75. The van der Waals surface area contributed by atoms with Gasteiger partial charge in [0.15, 0.2) is 0 Å². The number of hydrogen-bond acceptors (Lipinski definition) is 5. The molecule has 21 heavy (non-hydrogen) atoms. The molecule has 102 valence electrons. The summed E-state index contributed by atoms with van der Waals surface area (Å²) in [4.78, 5) is 16.5. The summed E-state index contributed by atoms with van der Waals surface area (Å²) < 4.78 is 0. The lowest BCUT2D eigenvalue weighted by Gasteiger charge is -2.02. The number of amides is 1. The number of nitriles is 1. The largest absolute Gasteiger partial charge is 0.321 e. The monoisotopic (exact) mass is 311 g/mol. The highest BCUT2D eigenvalue weighted by molar-refractivity contribution is 7.14. The summed E-state index contributed by atoms with van der Waals surface area (Å²) >= 11 is 3.04. The van der Waals surface area contributed by atoms with E-state index in [4.69, 9.17) is 5.26 Å². The van der Waals surface area contributed by atoms with Crippen LogP contribution in [0.15, 0.2) is 46.5 Å². The number of hydrogen-bond donors (Lipinski definition) is 1. The van der Waals surface area contributed by atoms with Gasteiger partial charge in [-0.15, -0.1) is 11.3 Å². The molecule has 0 unspecified atom stereocenters. The van der Waals surface area contributed by atoms with Gasteiger partial charge in [0, 0.05) is 22.0 Å². The highest BCUT2D eigenvalue weighted by Gasteiger charge is 2.12. The molecule has 3 rings (SSSR count). The van der Waals surface area contributed by atoms with E-state index in [9.17, 15) is 4.79 Å². The summed E-state index contributed by atoms with van der Waals surface area (Å²) in [5.41, 5.74) is 2.62. The lowest BCUT2D eigenvalue weighted by molar-refractivity contribution is 0.102. The minimum atomic E-state index is -0.252. The molecule has 6 heteroatoms. The third-order valence-corrected chi connectivity index (χ3v) is 4.35. The third-order valence-electron chi connectivity index (χ3n) is 2.78. The fraction of sp³-hybridized carbons (Fsp3) is 0. The Hall–Kier alpha value is -2.49. The summed E-state index contributed by atoms with van der Waals surface area (Å²) in [6.07, 6.45) is 0. The van der Waals surface area contributed by atoms with Crippen molar-refractivity contribution >= 4 is 34.3 Å². The van der Waals surface area contributed by atoms with E-state index in [1.165, 1.54) is 11.3 Å². The Morgan fingerprint density at radius 2 is 2.00 bits per heavy atom. The van der Waals surface area contributed by atoms with Gasteiger partial charge in [-0.1, -0.05) is 0 Å². The number of rotatable bonds is 3. The molecule has 0 radical (unpaired) electrons. The van der Waals surface area contributed by atoms with Gasteiger partial charge in [-0.25, -0.2) is 4.98 Å². The molecule has 0 fully saturated rings. The molecule has 0 bridgehead atoms. The van der Waals surface area contributed by atoms with E-state index in [0.717, 1.165) is 10.6 Å². The lowest BCUT2D eigenvalue weighted by atomic mass is 10.2. The van der Waals surface area contributed by atoms with Crippen molar-refractivity contribution in [3.8, 4) is 16.6 Å². The van der Waals surface area contributed by atoms with E-state index in [1.54, 1.807) is 41.0 Å². The molecule has 4 nitrogen and oxygen atoms in total. The fourth-order valence-corrected chi connectivity index (χ4v) is 3.23. The number of benzene rings is 1. The van der Waals surface area contributed by atoms with Crippen molar-refractivity contribution in [3.63, 3.8) is 0 Å². The van der Waals surface area contributed by atoms with E-state index in [1.807, 2.05) is 22.9 Å². The van der Waals surface area contributed by atoms with Crippen LogP contribution in [0.1, 0.15) is 16.1 Å². The summed E-state index contributed by atoms with van der Waals surface area (Å²) in [5.74, 6) is -0.252. The van der Waals surface area contributed by atoms with Crippen LogP contribution in [0, 0.1) is 11.3 Å². The second kappa shape index (κ2) is 5.87. The number of thiophene rings is 1. The molecule has 1 aromatic carbocycles. The topological polar surface area (TPSA) is 65.8 Å². The molecule has 0 aliphatic heterocycles. The highest BCUT2D eigenvalue weighted by Crippen LogP contribution is 2.26. The summed E-state index contributed by atoms with van der Waals surface area (Å²) in [7, 11) is 0. The predicted molar refractivity (Wildman–Crippen MR) is 84.5 cm³/mol. The first-order valence-electron chi connectivity index (χ1n) is 6.06. The van der Waals surface area contributed by atoms with Gasteiger partial charge in [0.1, 0.15) is 10.7 Å². The number of aromatic nitrogens is 1. The summed E-state index contributed by atoms with van der Waals surface area (Å²) in [6.45, 7) is 0. The van der Waals surface area contributed by atoms with Crippen molar-refractivity contribution in [1.29, 1.82) is 5.26 Å². The first-order valence-corrected chi connectivity index (χ1v) is 7.88. The van der Waals surface area contributed by atoms with Gasteiger partial charge >= 0.3 is 0 Å². The molecule has 0 saturated carbocycles. The Kier molecular flexibility index (Phi) is 3.77.